The molecule has 0 radical (unpaired) electrons. The van der Waals surface area contributed by atoms with Gasteiger partial charge in [-0.05, 0) is 29.8 Å². The number of aromatic nitrogens is 2. The summed E-state index contributed by atoms with van der Waals surface area (Å²) >= 11 is 21.5. The minimum absolute atomic E-state index is 0.188. The van der Waals surface area contributed by atoms with Crippen LogP contribution in [0.15, 0.2) is 64.2 Å². The second-order valence-electron chi connectivity index (χ2n) is 5.98. The third-order valence-electron chi connectivity index (χ3n) is 4.07. The minimum atomic E-state index is 0.188. The molecule has 0 N–H and O–H groups in total. The Morgan fingerprint density at radius 3 is 2.62 bits per heavy atom. The van der Waals surface area contributed by atoms with E-state index in [4.69, 9.17) is 44.6 Å². The molecular formula is C20H14Cl3N3OS2. The molecular weight excluding hydrogens is 469 g/mol. The number of hydrogen-bond donors (Lipinski definition) is 0. The van der Waals surface area contributed by atoms with E-state index in [-0.39, 0.29) is 6.61 Å². The van der Waals surface area contributed by atoms with Crippen LogP contribution in [-0.4, -0.2) is 15.6 Å². The van der Waals surface area contributed by atoms with E-state index in [0.29, 0.717) is 15.6 Å². The first kappa shape index (κ1) is 20.6. The highest BCUT2D eigenvalue weighted by atomic mass is 35.5. The van der Waals surface area contributed by atoms with Gasteiger partial charge >= 0.3 is 0 Å². The summed E-state index contributed by atoms with van der Waals surface area (Å²) < 4.78 is 1.99. The molecule has 0 amide bonds. The Kier molecular flexibility index (Phi) is 6.67. The summed E-state index contributed by atoms with van der Waals surface area (Å²) in [4.78, 5) is 11.1. The van der Waals surface area contributed by atoms with Crippen molar-refractivity contribution >= 4 is 69.1 Å². The number of imidazole rings is 1. The maximum atomic E-state index is 6.17. The molecule has 4 rings (SSSR count). The van der Waals surface area contributed by atoms with Gasteiger partial charge in [0.15, 0.2) is 4.96 Å². The van der Waals surface area contributed by atoms with Gasteiger partial charge in [0.1, 0.15) is 17.3 Å². The molecule has 29 heavy (non-hydrogen) atoms. The maximum Gasteiger partial charge on any atom is 0.195 e. The number of nitrogens with zero attached hydrogens (tertiary/aromatic N) is 3. The lowest BCUT2D eigenvalue weighted by molar-refractivity contribution is 0.132. The zero-order chi connectivity index (χ0) is 20.2. The monoisotopic (exact) mass is 481 g/mol. The Hall–Kier alpha value is -1.70. The van der Waals surface area contributed by atoms with Crippen molar-refractivity contribution in [3.05, 3.63) is 85.9 Å². The first-order valence-electron chi connectivity index (χ1n) is 8.53. The van der Waals surface area contributed by atoms with Gasteiger partial charge in [0.25, 0.3) is 0 Å². The SMILES string of the molecule is Clc1ccc(CSc2nc3sccn3c2/C=N/OCc2c(Cl)cccc2Cl)cc1. The van der Waals surface area contributed by atoms with E-state index in [9.17, 15) is 0 Å². The van der Waals surface area contributed by atoms with E-state index in [2.05, 4.69) is 5.16 Å². The summed E-state index contributed by atoms with van der Waals surface area (Å²) in [5.41, 5.74) is 2.74. The maximum absolute atomic E-state index is 6.17. The molecule has 2 aromatic heterocycles. The van der Waals surface area contributed by atoms with Crippen molar-refractivity contribution in [2.45, 2.75) is 17.4 Å². The fourth-order valence-electron chi connectivity index (χ4n) is 2.60. The molecule has 148 valence electrons. The number of oxime groups is 1. The summed E-state index contributed by atoms with van der Waals surface area (Å²) in [6.07, 6.45) is 3.63. The zero-order valence-electron chi connectivity index (χ0n) is 14.9. The Labute approximate surface area is 191 Å². The lowest BCUT2D eigenvalue weighted by atomic mass is 10.2. The van der Waals surface area contributed by atoms with Gasteiger partial charge in [-0.2, -0.15) is 0 Å². The molecule has 0 saturated heterocycles. The van der Waals surface area contributed by atoms with E-state index in [1.165, 1.54) is 5.56 Å². The van der Waals surface area contributed by atoms with Crippen LogP contribution < -0.4 is 0 Å². The smallest absolute Gasteiger partial charge is 0.195 e. The van der Waals surface area contributed by atoms with E-state index in [1.54, 1.807) is 47.5 Å². The number of fused-ring (bicyclic) bond motifs is 1. The van der Waals surface area contributed by atoms with E-state index < -0.39 is 0 Å². The average Bonchev–Trinajstić information content (AvgIpc) is 3.28. The van der Waals surface area contributed by atoms with Gasteiger partial charge in [-0.1, -0.05) is 69.9 Å². The third kappa shape index (κ3) is 4.90. The molecule has 0 bridgehead atoms. The van der Waals surface area contributed by atoms with Crippen LogP contribution in [0.4, 0.5) is 0 Å². The van der Waals surface area contributed by atoms with E-state index in [0.717, 1.165) is 26.5 Å². The van der Waals surface area contributed by atoms with Crippen molar-refractivity contribution in [3.63, 3.8) is 0 Å². The van der Waals surface area contributed by atoms with Crippen molar-refractivity contribution in [2.24, 2.45) is 5.16 Å². The number of rotatable bonds is 7. The van der Waals surface area contributed by atoms with Crippen molar-refractivity contribution in [3.8, 4) is 0 Å². The van der Waals surface area contributed by atoms with Crippen molar-refractivity contribution in [1.29, 1.82) is 0 Å². The van der Waals surface area contributed by atoms with Gasteiger partial charge in [0.05, 0.1) is 6.21 Å². The van der Waals surface area contributed by atoms with Crippen LogP contribution in [0.2, 0.25) is 15.1 Å². The van der Waals surface area contributed by atoms with Gasteiger partial charge in [-0.25, -0.2) is 4.98 Å². The molecule has 4 nitrogen and oxygen atoms in total. The number of hydrogen-bond acceptors (Lipinski definition) is 5. The van der Waals surface area contributed by atoms with E-state index >= 15 is 0 Å². The Balaban J connectivity index is 1.48. The van der Waals surface area contributed by atoms with Gasteiger partial charge in [0.2, 0.25) is 0 Å². The summed E-state index contributed by atoms with van der Waals surface area (Å²) in [6, 6.07) is 13.1. The molecule has 0 unspecified atom stereocenters. The quantitative estimate of drug-likeness (QED) is 0.159. The second kappa shape index (κ2) is 9.41. The largest absolute Gasteiger partial charge is 0.391 e. The standard InChI is InChI=1S/C20H14Cl3N3OS2/c21-14-6-4-13(5-7-14)12-29-19-18(26-8-9-28-20(26)25-19)10-24-27-11-15-16(22)2-1-3-17(15)23/h1-10H,11-12H2/b24-10+. The molecule has 0 aliphatic heterocycles. The minimum Gasteiger partial charge on any atom is -0.391 e. The highest BCUT2D eigenvalue weighted by Gasteiger charge is 2.13. The summed E-state index contributed by atoms with van der Waals surface area (Å²) in [5, 5.41) is 8.82. The highest BCUT2D eigenvalue weighted by molar-refractivity contribution is 7.98. The zero-order valence-corrected chi connectivity index (χ0v) is 18.8. The summed E-state index contributed by atoms with van der Waals surface area (Å²) in [5.74, 6) is 0.777. The molecule has 0 aliphatic rings. The van der Waals surface area contributed by atoms with Crippen LogP contribution in [-0.2, 0) is 17.2 Å². The Bertz CT molecular complexity index is 1140. The molecule has 2 heterocycles. The second-order valence-corrected chi connectivity index (χ2v) is 9.07. The highest BCUT2D eigenvalue weighted by Crippen LogP contribution is 2.28. The molecule has 2 aromatic carbocycles. The van der Waals surface area contributed by atoms with Gasteiger partial charge in [0, 0.05) is 38.0 Å². The number of thioether (sulfide) groups is 1. The molecule has 0 atom stereocenters. The Morgan fingerprint density at radius 2 is 1.86 bits per heavy atom. The van der Waals surface area contributed by atoms with Crippen LogP contribution in [0.3, 0.4) is 0 Å². The molecule has 0 spiro atoms. The van der Waals surface area contributed by atoms with E-state index in [1.807, 2.05) is 40.2 Å². The number of halogens is 3. The first-order chi connectivity index (χ1) is 14.1. The number of thiazole rings is 1. The number of benzene rings is 2. The lowest BCUT2D eigenvalue weighted by Gasteiger charge is -2.05. The topological polar surface area (TPSA) is 38.9 Å². The fraction of sp³-hybridized carbons (Fsp3) is 0.100. The lowest BCUT2D eigenvalue weighted by Crippen LogP contribution is -1.94. The Morgan fingerprint density at radius 1 is 1.10 bits per heavy atom. The summed E-state index contributed by atoms with van der Waals surface area (Å²) in [6.45, 7) is 0.188. The van der Waals surface area contributed by atoms with Gasteiger partial charge in [-0.15, -0.1) is 11.3 Å². The molecule has 9 heteroatoms. The normalized spacial score (nSPS) is 11.6. The predicted octanol–water partition coefficient (Wildman–Crippen LogP) is 7.20. The van der Waals surface area contributed by atoms with Crippen LogP contribution in [0.1, 0.15) is 16.8 Å². The van der Waals surface area contributed by atoms with Gasteiger partial charge in [-0.3, -0.25) is 4.40 Å². The predicted molar refractivity (Wildman–Crippen MR) is 123 cm³/mol. The van der Waals surface area contributed by atoms with Crippen LogP contribution in [0, 0.1) is 0 Å². The van der Waals surface area contributed by atoms with Crippen LogP contribution in [0.5, 0.6) is 0 Å². The molecule has 0 aliphatic carbocycles. The van der Waals surface area contributed by atoms with Crippen molar-refractivity contribution in [2.75, 3.05) is 0 Å². The fourth-order valence-corrected chi connectivity index (χ4v) is 4.96. The molecule has 4 aromatic rings. The first-order valence-corrected chi connectivity index (χ1v) is 11.5. The average molecular weight is 483 g/mol. The van der Waals surface area contributed by atoms with Crippen LogP contribution >= 0.6 is 57.9 Å². The molecule has 0 saturated carbocycles. The van der Waals surface area contributed by atoms with Crippen LogP contribution in [0.25, 0.3) is 4.96 Å². The molecule has 0 fully saturated rings. The van der Waals surface area contributed by atoms with Crippen molar-refractivity contribution in [1.82, 2.24) is 9.38 Å². The summed E-state index contributed by atoms with van der Waals surface area (Å²) in [7, 11) is 0. The van der Waals surface area contributed by atoms with Crippen molar-refractivity contribution < 1.29 is 4.84 Å². The third-order valence-corrected chi connectivity index (χ3v) is 6.84. The van der Waals surface area contributed by atoms with Gasteiger partial charge < -0.3 is 4.84 Å².